The van der Waals surface area contributed by atoms with Crippen LogP contribution < -0.4 is 66.8 Å². The van der Waals surface area contributed by atoms with Crippen LogP contribution in [-0.4, -0.2) is 45.1 Å². The number of nitrogen functional groups attached to an aromatic ring is 2. The molecule has 1 heterocycles. The number of nitrogens with two attached hydrogens (primary N) is 10. The predicted octanol–water partition coefficient (Wildman–Crippen LogP) is -5.76. The lowest BCUT2D eigenvalue weighted by atomic mass is 9.63. The van der Waals surface area contributed by atoms with E-state index in [0.717, 1.165) is 0 Å². The third kappa shape index (κ3) is 1.76. The first-order valence-electron chi connectivity index (χ1n) is 7.37. The normalized spacial score (nSPS) is 29.7. The largest absolute Gasteiger partial charge is 0.503 e. The van der Waals surface area contributed by atoms with Gasteiger partial charge in [0.05, 0.1) is 0 Å². The Balaban J connectivity index is 2.27. The third-order valence-electron chi connectivity index (χ3n) is 5.25. The van der Waals surface area contributed by atoms with E-state index in [4.69, 9.17) is 66.8 Å². The van der Waals surface area contributed by atoms with Gasteiger partial charge in [-0.25, -0.2) is 0 Å². The number of aromatic hydroxyl groups is 2. The average molecular weight is 372 g/mol. The summed E-state index contributed by atoms with van der Waals surface area (Å²) in [7, 11) is 0. The first kappa shape index (κ1) is 18.5. The molecule has 1 aromatic carbocycles. The lowest BCUT2D eigenvalue weighted by molar-refractivity contribution is -0.155. The van der Waals surface area contributed by atoms with Gasteiger partial charge in [-0.15, -0.1) is 0 Å². The molecular weight excluding hydrogens is 348 g/mol. The summed E-state index contributed by atoms with van der Waals surface area (Å²) in [4.78, 5) is 0. The Labute approximate surface area is 147 Å². The molecule has 14 nitrogen and oxygen atoms in total. The lowest BCUT2D eigenvalue weighted by Crippen LogP contribution is -3.05. The van der Waals surface area contributed by atoms with E-state index in [9.17, 15) is 10.2 Å². The monoisotopic (exact) mass is 372 g/mol. The fourth-order valence-corrected chi connectivity index (χ4v) is 3.21. The van der Waals surface area contributed by atoms with Crippen molar-refractivity contribution in [3.63, 3.8) is 0 Å². The average Bonchev–Trinajstić information content (AvgIpc) is 2.55. The van der Waals surface area contributed by atoms with E-state index in [-0.39, 0.29) is 11.5 Å². The van der Waals surface area contributed by atoms with E-state index in [1.54, 1.807) is 0 Å². The van der Waals surface area contributed by atoms with Gasteiger partial charge in [-0.2, -0.15) is 0 Å². The van der Waals surface area contributed by atoms with Gasteiger partial charge in [0.25, 0.3) is 0 Å². The number of phenols is 2. The molecule has 2 atom stereocenters. The molecule has 3 rings (SSSR count). The highest BCUT2D eigenvalue weighted by Crippen LogP contribution is 2.55. The van der Waals surface area contributed by atoms with Crippen molar-refractivity contribution in [2.45, 2.75) is 34.9 Å². The van der Waals surface area contributed by atoms with Gasteiger partial charge in [0.15, 0.2) is 35.2 Å². The number of rotatable bonds is 0. The minimum atomic E-state index is -2.23. The summed E-state index contributed by atoms with van der Waals surface area (Å²) in [6.07, 6.45) is -2.79. The second-order valence-electron chi connectivity index (χ2n) is 6.86. The maximum atomic E-state index is 9.87. The second kappa shape index (κ2) is 4.70. The molecular formula is C12H24N10O4. The van der Waals surface area contributed by atoms with Crippen molar-refractivity contribution in [2.75, 3.05) is 11.5 Å². The molecule has 2 aliphatic rings. The number of ether oxygens (including phenoxy) is 2. The zero-order valence-corrected chi connectivity index (χ0v) is 13.6. The summed E-state index contributed by atoms with van der Waals surface area (Å²) in [6, 6.07) is 0. The van der Waals surface area contributed by atoms with Crippen LogP contribution in [0.5, 0.6) is 23.0 Å². The van der Waals surface area contributed by atoms with Crippen LogP contribution in [0.25, 0.3) is 0 Å². The summed E-state index contributed by atoms with van der Waals surface area (Å²) in [5.74, 6) is -1.98. The van der Waals surface area contributed by atoms with Crippen LogP contribution in [0.2, 0.25) is 0 Å². The number of fused-ring (bicyclic) bond motifs is 2. The highest BCUT2D eigenvalue weighted by molar-refractivity contribution is 5.84. The van der Waals surface area contributed by atoms with Crippen LogP contribution in [0.4, 0.5) is 11.4 Å². The summed E-state index contributed by atoms with van der Waals surface area (Å²) in [5, 5.41) is 19.7. The number of anilines is 2. The summed E-state index contributed by atoms with van der Waals surface area (Å²) < 4.78 is 11.4. The fourth-order valence-electron chi connectivity index (χ4n) is 3.21. The highest BCUT2D eigenvalue weighted by Gasteiger charge is 2.74. The van der Waals surface area contributed by atoms with Gasteiger partial charge in [-0.05, 0) is 0 Å². The number of phenolic OH excluding ortho intramolecular Hbond substituents is 2. The molecule has 0 saturated heterocycles. The number of benzene rings is 1. The molecule has 146 valence electrons. The number of hydrogen-bond donors (Lipinski definition) is 12. The van der Waals surface area contributed by atoms with Gasteiger partial charge in [0.1, 0.15) is 34.0 Å². The van der Waals surface area contributed by atoms with E-state index >= 15 is 0 Å². The van der Waals surface area contributed by atoms with Crippen LogP contribution in [0.1, 0.15) is 0 Å². The van der Waals surface area contributed by atoms with Crippen LogP contribution in [0.15, 0.2) is 0 Å². The van der Waals surface area contributed by atoms with E-state index in [2.05, 4.69) is 0 Å². The van der Waals surface area contributed by atoms with E-state index in [1.165, 1.54) is 0 Å². The second-order valence-corrected chi connectivity index (χ2v) is 6.86. The molecule has 1 aromatic rings. The van der Waals surface area contributed by atoms with Crippen LogP contribution in [0.3, 0.4) is 0 Å². The van der Waals surface area contributed by atoms with Gasteiger partial charge >= 0.3 is 0 Å². The van der Waals surface area contributed by atoms with Crippen molar-refractivity contribution in [2.24, 2.45) is 45.9 Å². The van der Waals surface area contributed by atoms with Crippen molar-refractivity contribution >= 4 is 11.4 Å². The quantitative estimate of drug-likeness (QED) is 0.115. The van der Waals surface area contributed by atoms with Crippen molar-refractivity contribution in [1.29, 1.82) is 0 Å². The topological polar surface area (TPSA) is 319 Å². The predicted molar refractivity (Wildman–Crippen MR) is 91.9 cm³/mol. The Kier molecular flexibility index (Phi) is 3.34. The van der Waals surface area contributed by atoms with Crippen LogP contribution in [-0.2, 0) is 0 Å². The van der Waals surface area contributed by atoms with E-state index in [1.807, 2.05) is 0 Å². The zero-order valence-electron chi connectivity index (χ0n) is 13.6. The molecule has 0 radical (unpaired) electrons. The van der Waals surface area contributed by atoms with Gasteiger partial charge in [0, 0.05) is 0 Å². The molecule has 1 fully saturated rings. The molecule has 1 aliphatic heterocycles. The number of hydrogen-bond acceptors (Lipinski definition) is 14. The molecule has 0 amide bonds. The molecule has 1 saturated carbocycles. The SMILES string of the molecule is Nc1c(O)c(O)c(N)c2c1OC1C(O2)C(N)(N)C(N)(N)C(N)(N)C1(N)N. The molecule has 0 bridgehead atoms. The minimum absolute atomic E-state index is 0.257. The Hall–Kier alpha value is -2.30. The maximum Gasteiger partial charge on any atom is 0.191 e. The smallest absolute Gasteiger partial charge is 0.191 e. The van der Waals surface area contributed by atoms with Gasteiger partial charge in [-0.1, -0.05) is 0 Å². The van der Waals surface area contributed by atoms with Crippen LogP contribution >= 0.6 is 0 Å². The van der Waals surface area contributed by atoms with Crippen molar-refractivity contribution < 1.29 is 19.7 Å². The summed E-state index contributed by atoms with van der Waals surface area (Å²) >= 11 is 0. The maximum absolute atomic E-state index is 9.87. The Bertz CT molecular complexity index is 728. The standard InChI is InChI=1S/C12H24N10O4/c13-1-3(23)4(24)2(14)6-5(1)25-7-8(26-6)10(17,18)12(21,22)11(19,20)9(7,15)16/h7-8,23-24H,13-22H2. The molecule has 1 aliphatic carbocycles. The molecule has 14 heteroatoms. The fraction of sp³-hybridized carbons (Fsp3) is 0.500. The Morgan fingerprint density at radius 2 is 0.885 bits per heavy atom. The first-order chi connectivity index (χ1) is 11.6. The van der Waals surface area contributed by atoms with Gasteiger partial charge in [-0.3, -0.25) is 0 Å². The van der Waals surface area contributed by atoms with Crippen molar-refractivity contribution in [1.82, 2.24) is 0 Å². The Morgan fingerprint density at radius 1 is 0.615 bits per heavy atom. The summed E-state index contributed by atoms with van der Waals surface area (Å²) in [6.45, 7) is 0. The molecule has 0 aromatic heterocycles. The van der Waals surface area contributed by atoms with Crippen molar-refractivity contribution in [3.8, 4) is 23.0 Å². The molecule has 2 unspecified atom stereocenters. The van der Waals surface area contributed by atoms with Gasteiger partial charge < -0.3 is 77.0 Å². The minimum Gasteiger partial charge on any atom is -0.503 e. The molecule has 22 N–H and O–H groups in total. The first-order valence-corrected chi connectivity index (χ1v) is 7.37. The zero-order chi connectivity index (χ0) is 20.0. The summed E-state index contributed by atoms with van der Waals surface area (Å²) in [5.41, 5.74) is 50.3. The van der Waals surface area contributed by atoms with Gasteiger partial charge in [0.2, 0.25) is 0 Å². The van der Waals surface area contributed by atoms with E-state index < -0.39 is 57.7 Å². The lowest BCUT2D eigenvalue weighted by Gasteiger charge is -2.64. The Morgan fingerprint density at radius 3 is 1.15 bits per heavy atom. The van der Waals surface area contributed by atoms with Crippen LogP contribution in [0, 0.1) is 0 Å². The van der Waals surface area contributed by atoms with Crippen molar-refractivity contribution in [3.05, 3.63) is 0 Å². The third-order valence-corrected chi connectivity index (χ3v) is 5.25. The molecule has 26 heavy (non-hydrogen) atoms. The highest BCUT2D eigenvalue weighted by atomic mass is 16.6. The van der Waals surface area contributed by atoms with E-state index in [0.29, 0.717) is 0 Å². The molecule has 0 spiro atoms.